The van der Waals surface area contributed by atoms with Crippen LogP contribution >= 0.6 is 11.3 Å². The van der Waals surface area contributed by atoms with Gasteiger partial charge in [0.25, 0.3) is 0 Å². The molecule has 0 bridgehead atoms. The van der Waals surface area contributed by atoms with Crippen LogP contribution in [-0.4, -0.2) is 33.3 Å². The summed E-state index contributed by atoms with van der Waals surface area (Å²) < 4.78 is 0. The molecule has 6 heteroatoms. The predicted molar refractivity (Wildman–Crippen MR) is 117 cm³/mol. The Morgan fingerprint density at radius 2 is 1.86 bits per heavy atom. The number of aliphatic hydroxyl groups is 1. The number of hydrogen-bond acceptors (Lipinski definition) is 6. The highest BCUT2D eigenvalue weighted by Crippen LogP contribution is 2.44. The van der Waals surface area contributed by atoms with Crippen molar-refractivity contribution in [3.8, 4) is 27.8 Å². The first-order chi connectivity index (χ1) is 13.8. The van der Waals surface area contributed by atoms with Crippen molar-refractivity contribution in [1.82, 2.24) is 9.97 Å². The Bertz CT molecular complexity index is 1090. The topological polar surface area (TPSA) is 73.0 Å². The summed E-state index contributed by atoms with van der Waals surface area (Å²) in [6, 6.07) is 14.0. The molecular weight excluding hydrogens is 380 g/mol. The Morgan fingerprint density at radius 1 is 1.14 bits per heavy atom. The molecular formula is C23H24N4OS. The van der Waals surface area contributed by atoms with E-state index < -0.39 is 5.60 Å². The summed E-state index contributed by atoms with van der Waals surface area (Å²) in [6.45, 7) is 8.58. The molecule has 1 aliphatic heterocycles. The largest absolute Gasteiger partial charge is 0.388 e. The van der Waals surface area contributed by atoms with E-state index in [2.05, 4.69) is 28.1 Å². The van der Waals surface area contributed by atoms with Gasteiger partial charge in [0.2, 0.25) is 0 Å². The number of rotatable bonds is 4. The molecule has 148 valence electrons. The molecule has 1 fully saturated rings. The second kappa shape index (κ2) is 7.25. The van der Waals surface area contributed by atoms with Gasteiger partial charge in [0.15, 0.2) is 5.13 Å². The summed E-state index contributed by atoms with van der Waals surface area (Å²) in [5, 5.41) is 20.7. The van der Waals surface area contributed by atoms with Gasteiger partial charge in [-0.05, 0) is 63.9 Å². The van der Waals surface area contributed by atoms with E-state index in [-0.39, 0.29) is 6.04 Å². The Balaban J connectivity index is 1.86. The minimum absolute atomic E-state index is 0.0562. The van der Waals surface area contributed by atoms with Gasteiger partial charge < -0.3 is 10.0 Å². The van der Waals surface area contributed by atoms with Crippen LogP contribution < -0.4 is 4.90 Å². The van der Waals surface area contributed by atoms with Crippen LogP contribution in [0.25, 0.3) is 21.7 Å². The molecule has 29 heavy (non-hydrogen) atoms. The first-order valence-corrected chi connectivity index (χ1v) is 10.5. The highest BCUT2D eigenvalue weighted by atomic mass is 32.1. The zero-order valence-corrected chi connectivity index (χ0v) is 17.9. The van der Waals surface area contributed by atoms with Crippen molar-refractivity contribution in [3.63, 3.8) is 0 Å². The van der Waals surface area contributed by atoms with Crippen molar-refractivity contribution in [3.05, 3.63) is 53.3 Å². The molecule has 1 saturated heterocycles. The van der Waals surface area contributed by atoms with Crippen molar-refractivity contribution in [1.29, 1.82) is 5.26 Å². The summed E-state index contributed by atoms with van der Waals surface area (Å²) in [5.41, 5.74) is 4.63. The monoisotopic (exact) mass is 404 g/mol. The number of aromatic nitrogens is 2. The average molecular weight is 405 g/mol. The molecule has 0 radical (unpaired) electrons. The maximum absolute atomic E-state index is 10.5. The van der Waals surface area contributed by atoms with Crippen molar-refractivity contribution < 1.29 is 5.11 Å². The molecule has 0 aliphatic carbocycles. The Morgan fingerprint density at radius 3 is 2.45 bits per heavy atom. The zero-order valence-electron chi connectivity index (χ0n) is 17.1. The summed E-state index contributed by atoms with van der Waals surface area (Å²) in [4.78, 5) is 12.7. The molecule has 1 aliphatic rings. The third-order valence-electron chi connectivity index (χ3n) is 5.31. The van der Waals surface area contributed by atoms with Gasteiger partial charge in [-0.3, -0.25) is 4.98 Å². The third kappa shape index (κ3) is 3.76. The van der Waals surface area contributed by atoms with E-state index in [0.29, 0.717) is 5.56 Å². The zero-order chi connectivity index (χ0) is 20.8. The lowest BCUT2D eigenvalue weighted by Crippen LogP contribution is -2.58. The van der Waals surface area contributed by atoms with E-state index in [1.54, 1.807) is 17.4 Å². The number of thiazole rings is 1. The fraction of sp³-hybridized carbons (Fsp3) is 0.348. The highest BCUT2D eigenvalue weighted by molar-refractivity contribution is 7.19. The number of nitrogens with zero attached hydrogens (tertiary/aromatic N) is 4. The average Bonchev–Trinajstić information content (AvgIpc) is 3.03. The van der Waals surface area contributed by atoms with Gasteiger partial charge in [0, 0.05) is 23.5 Å². The third-order valence-corrected chi connectivity index (χ3v) is 6.45. The molecule has 4 rings (SSSR count). The number of nitriles is 1. The van der Waals surface area contributed by atoms with Crippen LogP contribution in [0.3, 0.4) is 0 Å². The standard InChI is InChI=1S/C23H24N4OS/c1-14-10-18(11-15(2)25-14)21-20(17-7-5-6-16(12-17)13-24)26-22(29-21)27-9-8-19(27)23(3,4)28/h5-7,10-12,19,28H,8-9H2,1-4H3/t19-/m1/s1. The maximum Gasteiger partial charge on any atom is 0.186 e. The van der Waals surface area contributed by atoms with Gasteiger partial charge in [-0.25, -0.2) is 4.98 Å². The number of hydrogen-bond donors (Lipinski definition) is 1. The summed E-state index contributed by atoms with van der Waals surface area (Å²) in [7, 11) is 0. The SMILES string of the molecule is Cc1cc(-c2sc(N3CC[C@@H]3C(C)(C)O)nc2-c2cccc(C#N)c2)cc(C)n1. The van der Waals surface area contributed by atoms with Crippen LogP contribution in [-0.2, 0) is 0 Å². The number of pyridine rings is 1. The number of aryl methyl sites for hydroxylation is 2. The molecule has 0 spiro atoms. The minimum atomic E-state index is -0.783. The van der Waals surface area contributed by atoms with Crippen molar-refractivity contribution in [2.45, 2.75) is 45.8 Å². The molecule has 3 heterocycles. The van der Waals surface area contributed by atoms with Gasteiger partial charge in [0.1, 0.15) is 0 Å². The second-order valence-corrected chi connectivity index (χ2v) is 9.13. The Labute approximate surface area is 175 Å². The van der Waals surface area contributed by atoms with Gasteiger partial charge in [-0.1, -0.05) is 23.5 Å². The lowest BCUT2D eigenvalue weighted by Gasteiger charge is -2.47. The fourth-order valence-corrected chi connectivity index (χ4v) is 5.03. The smallest absolute Gasteiger partial charge is 0.186 e. The van der Waals surface area contributed by atoms with Gasteiger partial charge >= 0.3 is 0 Å². The quantitative estimate of drug-likeness (QED) is 0.682. The van der Waals surface area contributed by atoms with Crippen LogP contribution in [0.15, 0.2) is 36.4 Å². The van der Waals surface area contributed by atoms with Crippen LogP contribution in [0.2, 0.25) is 0 Å². The molecule has 3 aromatic rings. The van der Waals surface area contributed by atoms with E-state index in [9.17, 15) is 10.4 Å². The van der Waals surface area contributed by atoms with Crippen molar-refractivity contribution >= 4 is 16.5 Å². The molecule has 2 aromatic heterocycles. The van der Waals surface area contributed by atoms with Crippen LogP contribution in [0.4, 0.5) is 5.13 Å². The molecule has 0 unspecified atom stereocenters. The van der Waals surface area contributed by atoms with E-state index >= 15 is 0 Å². The molecule has 1 aromatic carbocycles. The lowest BCUT2D eigenvalue weighted by molar-refractivity contribution is 0.0293. The van der Waals surface area contributed by atoms with E-state index in [0.717, 1.165) is 51.2 Å². The molecule has 0 amide bonds. The van der Waals surface area contributed by atoms with Crippen LogP contribution in [0.1, 0.15) is 37.2 Å². The Hall–Kier alpha value is -2.75. The van der Waals surface area contributed by atoms with Crippen molar-refractivity contribution in [2.75, 3.05) is 11.4 Å². The predicted octanol–water partition coefficient (Wildman–Crippen LogP) is 4.71. The van der Waals surface area contributed by atoms with E-state index in [1.165, 1.54) is 0 Å². The van der Waals surface area contributed by atoms with E-state index in [1.807, 2.05) is 45.9 Å². The molecule has 1 N–H and O–H groups in total. The van der Waals surface area contributed by atoms with Gasteiger partial charge in [0.05, 0.1) is 33.8 Å². The van der Waals surface area contributed by atoms with Crippen LogP contribution in [0, 0.1) is 25.2 Å². The van der Waals surface area contributed by atoms with E-state index in [4.69, 9.17) is 4.98 Å². The highest BCUT2D eigenvalue weighted by Gasteiger charge is 2.40. The lowest BCUT2D eigenvalue weighted by atomic mass is 9.88. The van der Waals surface area contributed by atoms with Crippen LogP contribution in [0.5, 0.6) is 0 Å². The van der Waals surface area contributed by atoms with Crippen molar-refractivity contribution in [2.24, 2.45) is 0 Å². The fourth-order valence-electron chi connectivity index (χ4n) is 3.88. The van der Waals surface area contributed by atoms with Gasteiger partial charge in [-0.2, -0.15) is 5.26 Å². The summed E-state index contributed by atoms with van der Waals surface area (Å²) in [5.74, 6) is 0. The maximum atomic E-state index is 10.5. The molecule has 1 atom stereocenters. The summed E-state index contributed by atoms with van der Waals surface area (Å²) >= 11 is 1.64. The molecule has 0 saturated carbocycles. The minimum Gasteiger partial charge on any atom is -0.388 e. The normalized spacial score (nSPS) is 16.4. The molecule has 5 nitrogen and oxygen atoms in total. The first kappa shape index (κ1) is 19.6. The first-order valence-electron chi connectivity index (χ1n) is 9.72. The Kier molecular flexibility index (Phi) is 4.89. The second-order valence-electron chi connectivity index (χ2n) is 8.16. The number of anilines is 1. The number of benzene rings is 1. The van der Waals surface area contributed by atoms with Gasteiger partial charge in [-0.15, -0.1) is 0 Å². The summed E-state index contributed by atoms with van der Waals surface area (Å²) in [6.07, 6.45) is 0.950.